The minimum atomic E-state index is 0. The van der Waals surface area contributed by atoms with Crippen molar-refractivity contribution in [1.29, 1.82) is 0 Å². The number of rotatable bonds is 2. The topological polar surface area (TPSA) is 32.3 Å². The molecule has 5 heteroatoms. The van der Waals surface area contributed by atoms with Gasteiger partial charge in [0.2, 0.25) is 5.91 Å². The summed E-state index contributed by atoms with van der Waals surface area (Å²) in [5.41, 5.74) is 0. The molecule has 0 spiro atoms. The molecule has 3 nitrogen and oxygen atoms in total. The van der Waals surface area contributed by atoms with E-state index < -0.39 is 0 Å². The van der Waals surface area contributed by atoms with Gasteiger partial charge >= 0.3 is 0 Å². The Labute approximate surface area is 114 Å². The molecule has 2 saturated heterocycles. The monoisotopic (exact) mass is 278 g/mol. The van der Waals surface area contributed by atoms with E-state index in [0.717, 1.165) is 31.3 Å². The average molecular weight is 279 g/mol. The second kappa shape index (κ2) is 7.49. The summed E-state index contributed by atoms with van der Waals surface area (Å²) in [5.74, 6) is 3.43. The highest BCUT2D eigenvalue weighted by Gasteiger charge is 2.23. The van der Waals surface area contributed by atoms with E-state index in [9.17, 15) is 4.79 Å². The summed E-state index contributed by atoms with van der Waals surface area (Å²) in [6.45, 7) is 5.28. The number of thioether (sulfide) groups is 1. The zero-order chi connectivity index (χ0) is 11.4. The highest BCUT2D eigenvalue weighted by molar-refractivity contribution is 7.99. The first-order valence-corrected chi connectivity index (χ1v) is 7.50. The molecule has 2 fully saturated rings. The van der Waals surface area contributed by atoms with E-state index in [0.29, 0.717) is 18.4 Å². The van der Waals surface area contributed by atoms with Crippen molar-refractivity contribution >= 4 is 30.1 Å². The molecule has 1 N–H and O–H groups in total. The minimum absolute atomic E-state index is 0. The van der Waals surface area contributed by atoms with E-state index in [1.54, 1.807) is 0 Å². The molecule has 2 aliphatic heterocycles. The highest BCUT2D eigenvalue weighted by atomic mass is 35.5. The van der Waals surface area contributed by atoms with Gasteiger partial charge in [-0.25, -0.2) is 0 Å². The molecule has 17 heavy (non-hydrogen) atoms. The van der Waals surface area contributed by atoms with Gasteiger partial charge in [-0.2, -0.15) is 11.8 Å². The fraction of sp³-hybridized carbons (Fsp3) is 0.917. The number of likely N-dealkylation sites (tertiary alicyclic amines) is 1. The molecule has 100 valence electrons. The number of amides is 1. The quantitative estimate of drug-likeness (QED) is 0.835. The van der Waals surface area contributed by atoms with E-state index in [4.69, 9.17) is 0 Å². The van der Waals surface area contributed by atoms with Gasteiger partial charge in [0, 0.05) is 43.6 Å². The lowest BCUT2D eigenvalue weighted by atomic mass is 9.99. The molecular weight excluding hydrogens is 256 g/mol. The van der Waals surface area contributed by atoms with E-state index >= 15 is 0 Å². The predicted molar refractivity (Wildman–Crippen MR) is 76.0 cm³/mol. The van der Waals surface area contributed by atoms with Gasteiger partial charge in [0.15, 0.2) is 0 Å². The van der Waals surface area contributed by atoms with Crippen LogP contribution in [0.25, 0.3) is 0 Å². The van der Waals surface area contributed by atoms with Crippen molar-refractivity contribution in [1.82, 2.24) is 10.2 Å². The zero-order valence-corrected chi connectivity index (χ0v) is 12.1. The van der Waals surface area contributed by atoms with Crippen LogP contribution in [0.5, 0.6) is 0 Å². The smallest absolute Gasteiger partial charge is 0.224 e. The van der Waals surface area contributed by atoms with Gasteiger partial charge in [0.1, 0.15) is 0 Å². The lowest BCUT2D eigenvalue weighted by Crippen LogP contribution is -2.44. The van der Waals surface area contributed by atoms with Crippen LogP contribution in [0.1, 0.15) is 26.2 Å². The third-order valence-electron chi connectivity index (χ3n) is 3.56. The summed E-state index contributed by atoms with van der Waals surface area (Å²) in [5, 5.41) is 3.43. The van der Waals surface area contributed by atoms with Crippen LogP contribution in [0.3, 0.4) is 0 Å². The predicted octanol–water partition coefficient (Wildman–Crippen LogP) is 1.76. The van der Waals surface area contributed by atoms with Gasteiger partial charge in [-0.1, -0.05) is 6.92 Å². The third kappa shape index (κ3) is 4.68. The maximum absolute atomic E-state index is 12.0. The van der Waals surface area contributed by atoms with Crippen molar-refractivity contribution in [2.75, 3.05) is 31.1 Å². The van der Waals surface area contributed by atoms with Crippen LogP contribution < -0.4 is 5.32 Å². The van der Waals surface area contributed by atoms with Crippen LogP contribution in [-0.2, 0) is 4.79 Å². The number of nitrogens with zero attached hydrogens (tertiary/aromatic N) is 1. The first-order chi connectivity index (χ1) is 7.75. The Morgan fingerprint density at radius 2 is 2.12 bits per heavy atom. The zero-order valence-electron chi connectivity index (χ0n) is 10.5. The van der Waals surface area contributed by atoms with Gasteiger partial charge in [0.05, 0.1) is 0 Å². The molecule has 0 aromatic heterocycles. The van der Waals surface area contributed by atoms with Crippen molar-refractivity contribution in [2.45, 2.75) is 32.2 Å². The molecule has 2 aliphatic rings. The van der Waals surface area contributed by atoms with E-state index in [1.807, 2.05) is 11.8 Å². The van der Waals surface area contributed by atoms with Gasteiger partial charge < -0.3 is 10.2 Å². The van der Waals surface area contributed by atoms with Gasteiger partial charge in [-0.15, -0.1) is 12.4 Å². The van der Waals surface area contributed by atoms with Crippen LogP contribution in [0.4, 0.5) is 0 Å². The normalized spacial score (nSPS) is 26.4. The van der Waals surface area contributed by atoms with Crippen molar-refractivity contribution in [3.63, 3.8) is 0 Å². The SMILES string of the molecule is CC1CCN(C(=O)CC2CSCCN2)CC1.Cl. The summed E-state index contributed by atoms with van der Waals surface area (Å²) in [6, 6.07) is 0.408. The number of piperidine rings is 1. The number of halogens is 1. The third-order valence-corrected chi connectivity index (χ3v) is 4.69. The number of nitrogens with one attached hydrogen (secondary N) is 1. The Bertz CT molecular complexity index is 239. The molecule has 0 radical (unpaired) electrons. The Morgan fingerprint density at radius 3 is 2.71 bits per heavy atom. The number of carbonyl (C=O) groups is 1. The second-order valence-electron chi connectivity index (χ2n) is 4.99. The van der Waals surface area contributed by atoms with Crippen LogP contribution in [0, 0.1) is 5.92 Å². The van der Waals surface area contributed by atoms with Gasteiger partial charge in [-0.3, -0.25) is 4.79 Å². The van der Waals surface area contributed by atoms with Gasteiger partial charge in [-0.05, 0) is 18.8 Å². The van der Waals surface area contributed by atoms with Crippen molar-refractivity contribution in [3.05, 3.63) is 0 Å². The molecule has 0 aliphatic carbocycles. The Balaban J connectivity index is 0.00000144. The van der Waals surface area contributed by atoms with Crippen LogP contribution in [0.2, 0.25) is 0 Å². The van der Waals surface area contributed by atoms with Crippen molar-refractivity contribution in [2.24, 2.45) is 5.92 Å². The van der Waals surface area contributed by atoms with Crippen LogP contribution in [0.15, 0.2) is 0 Å². The molecule has 0 bridgehead atoms. The molecule has 1 amide bonds. The largest absolute Gasteiger partial charge is 0.343 e. The Hall–Kier alpha value is 0.0700. The van der Waals surface area contributed by atoms with Crippen LogP contribution >= 0.6 is 24.2 Å². The fourth-order valence-corrected chi connectivity index (χ4v) is 3.30. The fourth-order valence-electron chi connectivity index (χ4n) is 2.35. The van der Waals surface area contributed by atoms with E-state index in [2.05, 4.69) is 17.1 Å². The second-order valence-corrected chi connectivity index (χ2v) is 6.14. The summed E-state index contributed by atoms with van der Waals surface area (Å²) >= 11 is 1.96. The number of hydrogen-bond donors (Lipinski definition) is 1. The molecule has 1 atom stereocenters. The Kier molecular flexibility index (Phi) is 6.67. The molecule has 0 saturated carbocycles. The molecule has 0 aromatic rings. The lowest BCUT2D eigenvalue weighted by Gasteiger charge is -2.32. The van der Waals surface area contributed by atoms with E-state index in [1.165, 1.54) is 18.6 Å². The maximum atomic E-state index is 12.0. The highest BCUT2D eigenvalue weighted by Crippen LogP contribution is 2.18. The average Bonchev–Trinajstić information content (AvgIpc) is 2.31. The minimum Gasteiger partial charge on any atom is -0.343 e. The summed E-state index contributed by atoms with van der Waals surface area (Å²) in [6.07, 6.45) is 3.05. The summed E-state index contributed by atoms with van der Waals surface area (Å²) in [7, 11) is 0. The van der Waals surface area contributed by atoms with E-state index in [-0.39, 0.29) is 12.4 Å². The summed E-state index contributed by atoms with van der Waals surface area (Å²) < 4.78 is 0. The van der Waals surface area contributed by atoms with Crippen molar-refractivity contribution in [3.8, 4) is 0 Å². The molecular formula is C12H23ClN2OS. The molecule has 1 unspecified atom stereocenters. The lowest BCUT2D eigenvalue weighted by molar-refractivity contribution is -0.132. The standard InChI is InChI=1S/C12H22N2OS.ClH/c1-10-2-5-14(6-3-10)12(15)8-11-9-16-7-4-13-11;/h10-11,13H,2-9H2,1H3;1H. The number of carbonyl (C=O) groups excluding carboxylic acids is 1. The Morgan fingerprint density at radius 1 is 1.41 bits per heavy atom. The number of hydrogen-bond acceptors (Lipinski definition) is 3. The first kappa shape index (κ1) is 15.1. The van der Waals surface area contributed by atoms with Crippen molar-refractivity contribution < 1.29 is 4.79 Å². The first-order valence-electron chi connectivity index (χ1n) is 6.34. The maximum Gasteiger partial charge on any atom is 0.224 e. The molecule has 2 heterocycles. The van der Waals surface area contributed by atoms with Gasteiger partial charge in [0.25, 0.3) is 0 Å². The molecule has 0 aromatic carbocycles. The molecule has 2 rings (SSSR count). The van der Waals surface area contributed by atoms with Crippen LogP contribution in [-0.4, -0.2) is 48.0 Å². The summed E-state index contributed by atoms with van der Waals surface area (Å²) in [4.78, 5) is 14.1.